The lowest BCUT2D eigenvalue weighted by Crippen LogP contribution is -2.40. The zero-order valence-electron chi connectivity index (χ0n) is 19.1. The topological polar surface area (TPSA) is 79.1 Å². The van der Waals surface area contributed by atoms with Crippen molar-refractivity contribution in [3.05, 3.63) is 89.6 Å². The number of nitrogens with zero attached hydrogens (tertiary/aromatic N) is 2. The number of carbonyl (C=O) groups is 1. The van der Waals surface area contributed by atoms with Crippen LogP contribution in [0.3, 0.4) is 0 Å². The highest BCUT2D eigenvalue weighted by Gasteiger charge is 2.35. The predicted molar refractivity (Wildman–Crippen MR) is 131 cm³/mol. The van der Waals surface area contributed by atoms with Crippen LogP contribution < -0.4 is 24.4 Å². The molecule has 2 heterocycles. The Hall–Kier alpha value is -3.36. The molecule has 1 aliphatic rings. The molecule has 4 rings (SSSR count). The maximum Gasteiger partial charge on any atom is 0.338 e. The summed E-state index contributed by atoms with van der Waals surface area (Å²) >= 11 is 7.54. The van der Waals surface area contributed by atoms with Crippen molar-refractivity contribution >= 4 is 35.0 Å². The van der Waals surface area contributed by atoms with Gasteiger partial charge in [-0.25, -0.2) is 9.79 Å². The van der Waals surface area contributed by atoms with Crippen molar-refractivity contribution in [3.63, 3.8) is 0 Å². The number of fused-ring (bicyclic) bond motifs is 1. The highest BCUT2D eigenvalue weighted by atomic mass is 35.5. The zero-order valence-corrected chi connectivity index (χ0v) is 20.7. The van der Waals surface area contributed by atoms with Crippen LogP contribution in [0.25, 0.3) is 6.08 Å². The van der Waals surface area contributed by atoms with Gasteiger partial charge in [0.2, 0.25) is 0 Å². The van der Waals surface area contributed by atoms with E-state index in [-0.39, 0.29) is 11.1 Å². The maximum absolute atomic E-state index is 13.7. The molecule has 1 aromatic heterocycles. The first-order valence-electron chi connectivity index (χ1n) is 10.6. The van der Waals surface area contributed by atoms with Gasteiger partial charge in [0.1, 0.15) is 17.5 Å². The van der Waals surface area contributed by atoms with Crippen LogP contribution in [0.1, 0.15) is 31.0 Å². The molecular weight excluding hydrogens is 476 g/mol. The lowest BCUT2D eigenvalue weighted by molar-refractivity contribution is -0.136. The Balaban J connectivity index is 2.02. The molecule has 0 saturated carbocycles. The van der Waals surface area contributed by atoms with Crippen LogP contribution in [-0.4, -0.2) is 31.4 Å². The maximum atomic E-state index is 13.7. The van der Waals surface area contributed by atoms with Crippen molar-refractivity contribution < 1.29 is 19.0 Å². The molecule has 3 aromatic rings. The van der Waals surface area contributed by atoms with Crippen LogP contribution in [0.4, 0.5) is 0 Å². The third-order valence-corrected chi connectivity index (χ3v) is 6.64. The number of halogens is 1. The Labute approximate surface area is 205 Å². The van der Waals surface area contributed by atoms with E-state index in [0.717, 1.165) is 5.56 Å². The first-order valence-corrected chi connectivity index (χ1v) is 11.7. The average molecular weight is 499 g/mol. The summed E-state index contributed by atoms with van der Waals surface area (Å²) in [4.78, 5) is 31.6. The smallest absolute Gasteiger partial charge is 0.338 e. The Kier molecular flexibility index (Phi) is 6.90. The summed E-state index contributed by atoms with van der Waals surface area (Å²) in [5, 5.41) is 0.447. The van der Waals surface area contributed by atoms with Gasteiger partial charge in [0.15, 0.2) is 4.80 Å². The summed E-state index contributed by atoms with van der Waals surface area (Å²) in [5.41, 5.74) is 1.75. The molecule has 0 amide bonds. The highest BCUT2D eigenvalue weighted by Crippen LogP contribution is 2.37. The molecule has 0 saturated heterocycles. The second-order valence-corrected chi connectivity index (χ2v) is 8.88. The normalized spacial score (nSPS) is 15.6. The number of ether oxygens (including phenoxy) is 3. The van der Waals surface area contributed by atoms with Gasteiger partial charge in [-0.05, 0) is 44.2 Å². The first kappa shape index (κ1) is 23.8. The zero-order chi connectivity index (χ0) is 24.4. The molecule has 176 valence electrons. The number of thiazole rings is 1. The van der Waals surface area contributed by atoms with Gasteiger partial charge >= 0.3 is 5.97 Å². The van der Waals surface area contributed by atoms with Gasteiger partial charge in [-0.3, -0.25) is 9.36 Å². The fourth-order valence-corrected chi connectivity index (χ4v) is 5.15. The second kappa shape index (κ2) is 9.87. The fourth-order valence-electron chi connectivity index (χ4n) is 3.93. The van der Waals surface area contributed by atoms with Crippen molar-refractivity contribution in [3.8, 4) is 11.5 Å². The van der Waals surface area contributed by atoms with E-state index >= 15 is 0 Å². The van der Waals surface area contributed by atoms with Crippen molar-refractivity contribution in [1.29, 1.82) is 0 Å². The van der Waals surface area contributed by atoms with Crippen LogP contribution in [0.5, 0.6) is 11.5 Å². The van der Waals surface area contributed by atoms with Crippen molar-refractivity contribution in [2.45, 2.75) is 19.9 Å². The van der Waals surface area contributed by atoms with Crippen molar-refractivity contribution in [1.82, 2.24) is 4.57 Å². The number of methoxy groups -OCH3 is 2. The summed E-state index contributed by atoms with van der Waals surface area (Å²) < 4.78 is 18.3. The minimum atomic E-state index is -0.818. The predicted octanol–water partition coefficient (Wildman–Crippen LogP) is 3.47. The number of hydrogen-bond donors (Lipinski definition) is 0. The highest BCUT2D eigenvalue weighted by molar-refractivity contribution is 7.07. The minimum Gasteiger partial charge on any atom is -0.496 e. The molecule has 0 bridgehead atoms. The number of carbonyl (C=O) groups excluding carboxylic acids is 1. The molecule has 0 spiro atoms. The fraction of sp³-hybridized carbons (Fsp3) is 0.240. The van der Waals surface area contributed by atoms with Gasteiger partial charge in [-0.1, -0.05) is 41.1 Å². The molecule has 9 heteroatoms. The number of hydrogen-bond acceptors (Lipinski definition) is 7. The van der Waals surface area contributed by atoms with Gasteiger partial charge in [0, 0.05) is 16.1 Å². The number of aromatic nitrogens is 1. The number of esters is 1. The molecule has 34 heavy (non-hydrogen) atoms. The molecule has 2 aromatic carbocycles. The standard InChI is InChI=1S/C25H23ClN2O5S/c1-5-33-18-9-7-6-8-15(18)12-20-23(29)28-22(17-13-16(26)10-11-19(17)31-3)21(24(30)32-4)14(2)27-25(28)34-20/h6-13,22H,5H2,1-4H3/b20-12-/t22-/m1/s1. The summed E-state index contributed by atoms with van der Waals surface area (Å²) in [5.74, 6) is 0.585. The van der Waals surface area contributed by atoms with Crippen molar-refractivity contribution in [2.24, 2.45) is 4.99 Å². The summed E-state index contributed by atoms with van der Waals surface area (Å²) in [6, 6.07) is 11.8. The lowest BCUT2D eigenvalue weighted by Gasteiger charge is -2.25. The molecule has 0 fully saturated rings. The molecule has 1 atom stereocenters. The van der Waals surface area contributed by atoms with E-state index in [9.17, 15) is 9.59 Å². The largest absolute Gasteiger partial charge is 0.496 e. The van der Waals surface area contributed by atoms with E-state index < -0.39 is 12.0 Å². The second-order valence-electron chi connectivity index (χ2n) is 7.43. The van der Waals surface area contributed by atoms with Crippen molar-refractivity contribution in [2.75, 3.05) is 20.8 Å². The summed E-state index contributed by atoms with van der Waals surface area (Å²) in [7, 11) is 2.82. The van der Waals surface area contributed by atoms with Crippen LogP contribution in [0.15, 0.2) is 63.5 Å². The number of para-hydroxylation sites is 1. The Bertz CT molecular complexity index is 1470. The molecule has 0 radical (unpaired) electrons. The van der Waals surface area contributed by atoms with Gasteiger partial charge < -0.3 is 14.2 Å². The summed E-state index contributed by atoms with van der Waals surface area (Å²) in [6.07, 6.45) is 1.78. The van der Waals surface area contributed by atoms with Crippen LogP contribution in [0.2, 0.25) is 5.02 Å². The van der Waals surface area contributed by atoms with E-state index in [2.05, 4.69) is 4.99 Å². The van der Waals surface area contributed by atoms with Gasteiger partial charge in [-0.15, -0.1) is 0 Å². The Morgan fingerprint density at radius 2 is 1.97 bits per heavy atom. The van der Waals surface area contributed by atoms with Crippen LogP contribution in [-0.2, 0) is 9.53 Å². The van der Waals surface area contributed by atoms with Gasteiger partial charge in [0.05, 0.1) is 36.6 Å². The number of allylic oxidation sites excluding steroid dienone is 1. The molecular formula is C25H23ClN2O5S. The third-order valence-electron chi connectivity index (χ3n) is 5.42. The van der Waals surface area contributed by atoms with Crippen LogP contribution >= 0.6 is 22.9 Å². The Morgan fingerprint density at radius 1 is 1.21 bits per heavy atom. The Morgan fingerprint density at radius 3 is 2.68 bits per heavy atom. The first-order chi connectivity index (χ1) is 16.4. The monoisotopic (exact) mass is 498 g/mol. The molecule has 0 aliphatic carbocycles. The summed E-state index contributed by atoms with van der Waals surface area (Å²) in [6.45, 7) is 4.13. The lowest BCUT2D eigenvalue weighted by atomic mass is 9.95. The van der Waals surface area contributed by atoms with Crippen LogP contribution in [0, 0.1) is 0 Å². The quantitative estimate of drug-likeness (QED) is 0.486. The molecule has 7 nitrogen and oxygen atoms in total. The number of benzene rings is 2. The molecule has 0 unspecified atom stereocenters. The minimum absolute atomic E-state index is 0.247. The SMILES string of the molecule is CCOc1ccccc1/C=c1\sc2n(c1=O)[C@H](c1cc(Cl)ccc1OC)C(C(=O)OC)=C(C)N=2. The number of rotatable bonds is 6. The van der Waals surface area contributed by atoms with Gasteiger partial charge in [-0.2, -0.15) is 0 Å². The van der Waals surface area contributed by atoms with E-state index in [1.165, 1.54) is 30.1 Å². The molecule has 1 aliphatic heterocycles. The average Bonchev–Trinajstić information content (AvgIpc) is 3.13. The third kappa shape index (κ3) is 4.26. The van der Waals surface area contributed by atoms with E-state index in [0.29, 0.717) is 43.7 Å². The molecule has 0 N–H and O–H groups in total. The van der Waals surface area contributed by atoms with Gasteiger partial charge in [0.25, 0.3) is 5.56 Å². The van der Waals surface area contributed by atoms with E-state index in [1.807, 2.05) is 31.2 Å². The van der Waals surface area contributed by atoms with E-state index in [1.54, 1.807) is 31.2 Å². The van der Waals surface area contributed by atoms with E-state index in [4.69, 9.17) is 25.8 Å².